The van der Waals surface area contributed by atoms with Crippen LogP contribution in [0.25, 0.3) is 11.3 Å². The molecule has 1 aromatic heterocycles. The van der Waals surface area contributed by atoms with Gasteiger partial charge >= 0.3 is 0 Å². The summed E-state index contributed by atoms with van der Waals surface area (Å²) in [6.07, 6.45) is 0.691. The summed E-state index contributed by atoms with van der Waals surface area (Å²) in [6.45, 7) is 0.359. The van der Waals surface area contributed by atoms with Gasteiger partial charge in [0, 0.05) is 22.6 Å². The van der Waals surface area contributed by atoms with E-state index in [0.717, 1.165) is 21.3 Å². The molecule has 0 saturated heterocycles. The Morgan fingerprint density at radius 1 is 1.07 bits per heavy atom. The van der Waals surface area contributed by atoms with Gasteiger partial charge in [-0.1, -0.05) is 40.2 Å². The summed E-state index contributed by atoms with van der Waals surface area (Å²) in [5, 5.41) is 7.14. The lowest BCUT2D eigenvalue weighted by Crippen LogP contribution is -2.34. The molecule has 3 aromatic rings. The average molecular weight is 442 g/mol. The van der Waals surface area contributed by atoms with Crippen LogP contribution in [-0.4, -0.2) is 29.3 Å². The molecule has 7 heteroatoms. The summed E-state index contributed by atoms with van der Waals surface area (Å²) in [5.41, 5.74) is 2.29. The van der Waals surface area contributed by atoms with Crippen LogP contribution in [0.3, 0.4) is 0 Å². The first kappa shape index (κ1) is 19.8. The number of aromatic nitrogens is 2. The average Bonchev–Trinajstić information content (AvgIpc) is 2.71. The second kappa shape index (κ2) is 9.32. The van der Waals surface area contributed by atoms with E-state index >= 15 is 0 Å². The van der Waals surface area contributed by atoms with Gasteiger partial charge in [0.15, 0.2) is 0 Å². The van der Waals surface area contributed by atoms with Gasteiger partial charge in [-0.15, -0.1) is 0 Å². The molecule has 1 amide bonds. The molecule has 0 bridgehead atoms. The molecule has 0 saturated carbocycles. The first-order valence-electron chi connectivity index (χ1n) is 8.79. The van der Waals surface area contributed by atoms with Gasteiger partial charge in [0.25, 0.3) is 5.56 Å². The van der Waals surface area contributed by atoms with Crippen molar-refractivity contribution in [3.05, 3.63) is 81.1 Å². The van der Waals surface area contributed by atoms with Gasteiger partial charge in [-0.25, -0.2) is 4.68 Å². The smallest absolute Gasteiger partial charge is 0.267 e. The van der Waals surface area contributed by atoms with Gasteiger partial charge in [-0.05, 0) is 42.3 Å². The van der Waals surface area contributed by atoms with E-state index in [0.29, 0.717) is 18.7 Å². The van der Waals surface area contributed by atoms with Crippen molar-refractivity contribution < 1.29 is 9.53 Å². The van der Waals surface area contributed by atoms with E-state index < -0.39 is 0 Å². The molecule has 0 aliphatic heterocycles. The largest absolute Gasteiger partial charge is 0.497 e. The number of methoxy groups -OCH3 is 1. The quantitative estimate of drug-likeness (QED) is 0.611. The van der Waals surface area contributed by atoms with Gasteiger partial charge < -0.3 is 10.1 Å². The fourth-order valence-corrected chi connectivity index (χ4v) is 2.93. The highest BCUT2D eigenvalue weighted by atomic mass is 79.9. The lowest BCUT2D eigenvalue weighted by molar-refractivity contribution is -0.121. The molecule has 6 nitrogen and oxygen atoms in total. The van der Waals surface area contributed by atoms with Gasteiger partial charge in [0.2, 0.25) is 5.91 Å². The number of carbonyl (C=O) groups excluding carboxylic acids is 1. The number of nitrogens with one attached hydrogen (secondary N) is 1. The minimum Gasteiger partial charge on any atom is -0.497 e. The third-order valence-corrected chi connectivity index (χ3v) is 4.72. The molecule has 1 heterocycles. The van der Waals surface area contributed by atoms with Crippen LogP contribution in [-0.2, 0) is 17.8 Å². The van der Waals surface area contributed by atoms with E-state index in [1.165, 1.54) is 10.7 Å². The van der Waals surface area contributed by atoms with Gasteiger partial charge in [-0.2, -0.15) is 5.10 Å². The number of halogens is 1. The highest BCUT2D eigenvalue weighted by Gasteiger charge is 2.08. The maximum atomic E-state index is 12.2. The number of nitrogens with zero attached hydrogens (tertiary/aromatic N) is 2. The molecule has 0 atom stereocenters. The highest BCUT2D eigenvalue weighted by molar-refractivity contribution is 9.10. The van der Waals surface area contributed by atoms with Crippen LogP contribution in [0.4, 0.5) is 0 Å². The third-order valence-electron chi connectivity index (χ3n) is 4.19. The molecule has 0 fully saturated rings. The minimum atomic E-state index is -0.314. The van der Waals surface area contributed by atoms with Crippen molar-refractivity contribution >= 4 is 21.8 Å². The van der Waals surface area contributed by atoms with Gasteiger partial charge in [-0.3, -0.25) is 9.59 Å². The topological polar surface area (TPSA) is 73.2 Å². The van der Waals surface area contributed by atoms with Crippen LogP contribution >= 0.6 is 15.9 Å². The van der Waals surface area contributed by atoms with E-state index in [1.54, 1.807) is 13.2 Å². The molecule has 0 aliphatic rings. The predicted octanol–water partition coefficient (Wildman–Crippen LogP) is 3.04. The maximum Gasteiger partial charge on any atom is 0.267 e. The Labute approximate surface area is 171 Å². The number of rotatable bonds is 7. The fourth-order valence-electron chi connectivity index (χ4n) is 2.67. The molecule has 0 spiro atoms. The Morgan fingerprint density at radius 3 is 2.46 bits per heavy atom. The lowest BCUT2D eigenvalue weighted by Gasteiger charge is -2.09. The van der Waals surface area contributed by atoms with E-state index in [-0.39, 0.29) is 18.0 Å². The van der Waals surface area contributed by atoms with Crippen molar-refractivity contribution in [3.63, 3.8) is 0 Å². The van der Waals surface area contributed by atoms with Gasteiger partial charge in [0.05, 0.1) is 12.8 Å². The van der Waals surface area contributed by atoms with Crippen LogP contribution in [0.5, 0.6) is 5.75 Å². The molecule has 0 aliphatic carbocycles. The van der Waals surface area contributed by atoms with E-state index in [9.17, 15) is 9.59 Å². The van der Waals surface area contributed by atoms with E-state index in [2.05, 4.69) is 26.3 Å². The summed E-state index contributed by atoms with van der Waals surface area (Å²) in [4.78, 5) is 24.3. The molecule has 3 rings (SSSR count). The van der Waals surface area contributed by atoms with Crippen LogP contribution in [0.15, 0.2) is 69.9 Å². The zero-order valence-corrected chi connectivity index (χ0v) is 17.0. The Morgan fingerprint density at radius 2 is 1.79 bits per heavy atom. The minimum absolute atomic E-state index is 0.119. The van der Waals surface area contributed by atoms with Crippen molar-refractivity contribution in [2.24, 2.45) is 0 Å². The Kier molecular flexibility index (Phi) is 6.60. The summed E-state index contributed by atoms with van der Waals surface area (Å²) in [5.74, 6) is 0.542. The monoisotopic (exact) mass is 441 g/mol. The van der Waals surface area contributed by atoms with Gasteiger partial charge in [0.1, 0.15) is 12.3 Å². The molecular weight excluding hydrogens is 422 g/mol. The lowest BCUT2D eigenvalue weighted by atomic mass is 10.1. The molecule has 2 aromatic carbocycles. The number of ether oxygens (including phenoxy) is 1. The molecule has 144 valence electrons. The molecular formula is C21H20BrN3O3. The second-order valence-corrected chi connectivity index (χ2v) is 7.09. The molecule has 0 radical (unpaired) electrons. The molecule has 28 heavy (non-hydrogen) atoms. The van der Waals surface area contributed by atoms with Crippen LogP contribution in [0.1, 0.15) is 5.56 Å². The van der Waals surface area contributed by atoms with Crippen LogP contribution in [0, 0.1) is 0 Å². The summed E-state index contributed by atoms with van der Waals surface area (Å²) in [6, 6.07) is 18.4. The van der Waals surface area contributed by atoms with Crippen molar-refractivity contribution in [2.45, 2.75) is 13.0 Å². The third kappa shape index (κ3) is 5.29. The second-order valence-electron chi connectivity index (χ2n) is 6.17. The normalized spacial score (nSPS) is 10.5. The Bertz CT molecular complexity index is 999. The number of benzene rings is 2. The highest BCUT2D eigenvalue weighted by Crippen LogP contribution is 2.18. The summed E-state index contributed by atoms with van der Waals surface area (Å²) < 4.78 is 7.27. The van der Waals surface area contributed by atoms with Crippen molar-refractivity contribution in [1.29, 1.82) is 0 Å². The standard InChI is InChI=1S/C21H20BrN3O3/c1-28-18-8-2-15(3-9-18)12-13-23-20(26)14-25-21(27)11-10-19(24-25)16-4-6-17(22)7-5-16/h2-11H,12-14H2,1H3,(H,23,26). The van der Waals surface area contributed by atoms with Crippen LogP contribution in [0.2, 0.25) is 0 Å². The molecule has 1 N–H and O–H groups in total. The van der Waals surface area contributed by atoms with Crippen molar-refractivity contribution in [1.82, 2.24) is 15.1 Å². The zero-order valence-electron chi connectivity index (χ0n) is 15.4. The van der Waals surface area contributed by atoms with E-state index in [1.807, 2.05) is 48.5 Å². The fraction of sp³-hybridized carbons (Fsp3) is 0.190. The SMILES string of the molecule is COc1ccc(CCNC(=O)Cn2nc(-c3ccc(Br)cc3)ccc2=O)cc1. The van der Waals surface area contributed by atoms with Crippen LogP contribution < -0.4 is 15.6 Å². The zero-order chi connectivity index (χ0) is 19.9. The Hall–Kier alpha value is -2.93. The van der Waals surface area contributed by atoms with E-state index in [4.69, 9.17) is 4.74 Å². The van der Waals surface area contributed by atoms with Crippen molar-refractivity contribution in [3.8, 4) is 17.0 Å². The first-order valence-corrected chi connectivity index (χ1v) is 9.58. The number of hydrogen-bond donors (Lipinski definition) is 1. The Balaban J connectivity index is 1.59. The predicted molar refractivity (Wildman–Crippen MR) is 111 cm³/mol. The maximum absolute atomic E-state index is 12.2. The number of carbonyl (C=O) groups is 1. The van der Waals surface area contributed by atoms with Crippen molar-refractivity contribution in [2.75, 3.05) is 13.7 Å². The number of amides is 1. The molecule has 0 unspecified atom stereocenters. The number of hydrogen-bond acceptors (Lipinski definition) is 4. The summed E-state index contributed by atoms with van der Waals surface area (Å²) >= 11 is 3.39. The summed E-state index contributed by atoms with van der Waals surface area (Å²) in [7, 11) is 1.62. The first-order chi connectivity index (χ1) is 13.5.